The average molecular weight is 526 g/mol. The van der Waals surface area contributed by atoms with E-state index in [-0.39, 0.29) is 18.4 Å². The third-order valence-corrected chi connectivity index (χ3v) is 5.85. The maximum atomic E-state index is 12.7. The van der Waals surface area contributed by atoms with Crippen molar-refractivity contribution in [2.75, 3.05) is 24.5 Å². The van der Waals surface area contributed by atoms with Crippen molar-refractivity contribution < 1.29 is 14.3 Å². The number of nitrogens with zero attached hydrogens (tertiary/aromatic N) is 3. The average Bonchev–Trinajstić information content (AvgIpc) is 3.20. The Balaban J connectivity index is 1.55. The molecule has 0 radical (unpaired) electrons. The molecule has 1 unspecified atom stereocenters. The summed E-state index contributed by atoms with van der Waals surface area (Å²) in [6.07, 6.45) is 3.59. The van der Waals surface area contributed by atoms with Gasteiger partial charge in [0, 0.05) is 32.0 Å². The molecule has 9 heteroatoms. The summed E-state index contributed by atoms with van der Waals surface area (Å²) in [5.41, 5.74) is 4.57. The van der Waals surface area contributed by atoms with E-state index in [9.17, 15) is 9.59 Å². The molecule has 154 valence electrons. The van der Waals surface area contributed by atoms with Crippen LogP contribution in [0.2, 0.25) is 0 Å². The van der Waals surface area contributed by atoms with E-state index in [1.54, 1.807) is 19.3 Å². The first-order chi connectivity index (χ1) is 14.0. The molecule has 0 saturated carbocycles. The third-order valence-electron chi connectivity index (χ3n) is 4.69. The first-order valence-electron chi connectivity index (χ1n) is 9.32. The number of carbonyl (C=O) groups is 2. The molecule has 2 aromatic rings. The topological polar surface area (TPSA) is 74.8 Å². The zero-order chi connectivity index (χ0) is 20.8. The van der Waals surface area contributed by atoms with Gasteiger partial charge in [-0.2, -0.15) is 0 Å². The van der Waals surface area contributed by atoms with Gasteiger partial charge in [0.15, 0.2) is 0 Å². The van der Waals surface area contributed by atoms with Crippen LogP contribution in [0, 0.1) is 5.92 Å². The van der Waals surface area contributed by atoms with E-state index in [2.05, 4.69) is 47.2 Å². The summed E-state index contributed by atoms with van der Waals surface area (Å²) < 4.78 is 7.05. The minimum absolute atomic E-state index is 0.160. The van der Waals surface area contributed by atoms with Crippen LogP contribution in [0.3, 0.4) is 0 Å². The second kappa shape index (κ2) is 10.1. The molecule has 1 aromatic carbocycles. The van der Waals surface area contributed by atoms with E-state index in [0.717, 1.165) is 26.7 Å². The second-order valence-electron chi connectivity index (χ2n) is 6.64. The summed E-state index contributed by atoms with van der Waals surface area (Å²) in [6, 6.07) is 9.43. The lowest BCUT2D eigenvalue weighted by molar-refractivity contribution is -0.128. The Labute approximate surface area is 186 Å². The van der Waals surface area contributed by atoms with Crippen LogP contribution < -0.4 is 10.3 Å². The van der Waals surface area contributed by atoms with Crippen molar-refractivity contribution in [1.29, 1.82) is 0 Å². The highest BCUT2D eigenvalue weighted by Gasteiger charge is 2.32. The van der Waals surface area contributed by atoms with Crippen molar-refractivity contribution in [2.45, 2.75) is 20.0 Å². The highest BCUT2D eigenvalue weighted by atomic mass is 79.9. The van der Waals surface area contributed by atoms with Crippen molar-refractivity contribution in [2.24, 2.45) is 5.92 Å². The maximum Gasteiger partial charge on any atom is 0.428 e. The lowest BCUT2D eigenvalue weighted by Crippen LogP contribution is -2.48. The lowest BCUT2D eigenvalue weighted by atomic mass is 10.1. The summed E-state index contributed by atoms with van der Waals surface area (Å²) in [5, 5.41) is 1.21. The SMILES string of the molecule is CCN(NC(=O)C1CCN(c2c(Br)cncc2Br)C1)C(=O)OCc1ccccc1. The van der Waals surface area contributed by atoms with Gasteiger partial charge in [0.05, 0.1) is 20.6 Å². The number of anilines is 1. The van der Waals surface area contributed by atoms with Crippen molar-refractivity contribution in [3.63, 3.8) is 0 Å². The summed E-state index contributed by atoms with van der Waals surface area (Å²) >= 11 is 7.03. The molecular formula is C20H22Br2N4O3. The van der Waals surface area contributed by atoms with Crippen molar-refractivity contribution >= 4 is 49.5 Å². The first kappa shape index (κ1) is 21.6. The molecule has 7 nitrogen and oxygen atoms in total. The van der Waals surface area contributed by atoms with Gasteiger partial charge in [-0.3, -0.25) is 15.2 Å². The van der Waals surface area contributed by atoms with Crippen LogP contribution >= 0.6 is 31.9 Å². The Kier molecular flexibility index (Phi) is 7.49. The molecule has 1 aromatic heterocycles. The van der Waals surface area contributed by atoms with Gasteiger partial charge in [0.25, 0.3) is 0 Å². The number of ether oxygens (including phenoxy) is 1. The predicted octanol–water partition coefficient (Wildman–Crippen LogP) is 4.12. The fourth-order valence-corrected chi connectivity index (χ4v) is 4.59. The molecule has 1 saturated heterocycles. The van der Waals surface area contributed by atoms with Crippen LogP contribution in [0.15, 0.2) is 51.7 Å². The van der Waals surface area contributed by atoms with Gasteiger partial charge in [-0.05, 0) is 50.8 Å². The van der Waals surface area contributed by atoms with Crippen LogP contribution in [0.1, 0.15) is 18.9 Å². The van der Waals surface area contributed by atoms with Crippen LogP contribution in [-0.2, 0) is 16.1 Å². The summed E-state index contributed by atoms with van der Waals surface area (Å²) in [6.45, 7) is 3.56. The van der Waals surface area contributed by atoms with Crippen molar-refractivity contribution in [1.82, 2.24) is 15.4 Å². The number of hydrogen-bond acceptors (Lipinski definition) is 5. The van der Waals surface area contributed by atoms with Crippen LogP contribution in [0.25, 0.3) is 0 Å². The predicted molar refractivity (Wildman–Crippen MR) is 117 cm³/mol. The lowest BCUT2D eigenvalue weighted by Gasteiger charge is -2.24. The number of benzene rings is 1. The fraction of sp³-hybridized carbons (Fsp3) is 0.350. The normalized spacial score (nSPS) is 15.8. The third kappa shape index (κ3) is 5.48. The summed E-state index contributed by atoms with van der Waals surface area (Å²) in [5.74, 6) is -0.412. The number of aromatic nitrogens is 1. The van der Waals surface area contributed by atoms with Gasteiger partial charge in [0.1, 0.15) is 6.61 Å². The van der Waals surface area contributed by atoms with E-state index in [1.165, 1.54) is 5.01 Å². The molecule has 0 spiro atoms. The minimum atomic E-state index is -0.570. The van der Waals surface area contributed by atoms with Crippen LogP contribution in [0.5, 0.6) is 0 Å². The minimum Gasteiger partial charge on any atom is -0.443 e. The maximum absolute atomic E-state index is 12.7. The second-order valence-corrected chi connectivity index (χ2v) is 8.35. The number of nitrogens with one attached hydrogen (secondary N) is 1. The zero-order valence-corrected chi connectivity index (χ0v) is 19.1. The highest BCUT2D eigenvalue weighted by Crippen LogP contribution is 2.36. The Hall–Kier alpha value is -2.13. The standard InChI is InChI=1S/C20H22Br2N4O3/c1-2-26(20(28)29-13-14-6-4-3-5-7-14)24-19(27)15-8-9-25(12-15)18-16(21)10-23-11-17(18)22/h3-7,10-11,15H,2,8-9,12-13H2,1H3,(H,24,27). The molecule has 1 atom stereocenters. The molecular weight excluding hydrogens is 504 g/mol. The fourth-order valence-electron chi connectivity index (χ4n) is 3.16. The molecule has 0 bridgehead atoms. The Bertz CT molecular complexity index is 846. The molecule has 1 aliphatic rings. The largest absolute Gasteiger partial charge is 0.443 e. The number of rotatable bonds is 5. The molecule has 1 N–H and O–H groups in total. The number of carbonyl (C=O) groups excluding carboxylic acids is 2. The molecule has 1 aliphatic heterocycles. The van der Waals surface area contributed by atoms with E-state index >= 15 is 0 Å². The van der Waals surface area contributed by atoms with Crippen molar-refractivity contribution in [3.05, 3.63) is 57.2 Å². The number of hydrogen-bond donors (Lipinski definition) is 1. The summed E-state index contributed by atoms with van der Waals surface area (Å²) in [7, 11) is 0. The summed E-state index contributed by atoms with van der Waals surface area (Å²) in [4.78, 5) is 31.3. The van der Waals surface area contributed by atoms with E-state index < -0.39 is 6.09 Å². The monoisotopic (exact) mass is 524 g/mol. The molecule has 2 heterocycles. The molecule has 3 rings (SSSR count). The number of pyridine rings is 1. The van der Waals surface area contributed by atoms with Gasteiger partial charge in [-0.15, -0.1) is 0 Å². The van der Waals surface area contributed by atoms with Gasteiger partial charge in [-0.1, -0.05) is 30.3 Å². The molecule has 1 fully saturated rings. The van der Waals surface area contributed by atoms with Gasteiger partial charge < -0.3 is 9.64 Å². The Morgan fingerprint density at radius 1 is 1.24 bits per heavy atom. The van der Waals surface area contributed by atoms with Crippen molar-refractivity contribution in [3.8, 4) is 0 Å². The van der Waals surface area contributed by atoms with Crippen LogP contribution in [0.4, 0.5) is 10.5 Å². The van der Waals surface area contributed by atoms with Gasteiger partial charge in [0.2, 0.25) is 5.91 Å². The number of halogens is 2. The first-order valence-corrected chi connectivity index (χ1v) is 10.9. The van der Waals surface area contributed by atoms with Gasteiger partial charge in [-0.25, -0.2) is 9.80 Å². The van der Waals surface area contributed by atoms with E-state index in [4.69, 9.17) is 4.74 Å². The Morgan fingerprint density at radius 3 is 2.59 bits per heavy atom. The van der Waals surface area contributed by atoms with Gasteiger partial charge >= 0.3 is 6.09 Å². The van der Waals surface area contributed by atoms with E-state index in [1.807, 2.05) is 30.3 Å². The van der Waals surface area contributed by atoms with Crippen LogP contribution in [-0.4, -0.2) is 41.6 Å². The van der Waals surface area contributed by atoms with E-state index in [0.29, 0.717) is 19.5 Å². The smallest absolute Gasteiger partial charge is 0.428 e. The molecule has 29 heavy (non-hydrogen) atoms. The highest BCUT2D eigenvalue weighted by molar-refractivity contribution is 9.11. The molecule has 0 aliphatic carbocycles. The zero-order valence-electron chi connectivity index (χ0n) is 16.0. The number of hydrazine groups is 1. The molecule has 2 amide bonds. The number of amides is 2. The Morgan fingerprint density at radius 2 is 1.93 bits per heavy atom. The quantitative estimate of drug-likeness (QED) is 0.594.